The molecule has 1 aromatic heterocycles. The van der Waals surface area contributed by atoms with Crippen molar-refractivity contribution < 1.29 is 14.3 Å². The number of carbonyl (C=O) groups is 2. The van der Waals surface area contributed by atoms with E-state index in [0.29, 0.717) is 24.6 Å². The van der Waals surface area contributed by atoms with Gasteiger partial charge < -0.3 is 15.0 Å². The van der Waals surface area contributed by atoms with E-state index in [-0.39, 0.29) is 18.6 Å². The first-order chi connectivity index (χ1) is 12.1. The molecule has 0 spiro atoms. The number of hydrogen-bond acceptors (Lipinski definition) is 5. The molecule has 0 bridgehead atoms. The van der Waals surface area contributed by atoms with Gasteiger partial charge in [-0.25, -0.2) is 9.78 Å². The number of benzene rings is 1. The Morgan fingerprint density at radius 3 is 2.80 bits per heavy atom. The van der Waals surface area contributed by atoms with Crippen LogP contribution in [0.2, 0.25) is 0 Å². The van der Waals surface area contributed by atoms with E-state index in [9.17, 15) is 9.59 Å². The van der Waals surface area contributed by atoms with Crippen LogP contribution in [0, 0.1) is 0 Å². The fraction of sp³-hybridized carbons (Fsp3) is 0.278. The summed E-state index contributed by atoms with van der Waals surface area (Å²) in [5.74, 6) is -0.133. The lowest BCUT2D eigenvalue weighted by Gasteiger charge is -2.25. The van der Waals surface area contributed by atoms with Crippen molar-refractivity contribution in [1.29, 1.82) is 0 Å². The molecule has 0 radical (unpaired) electrons. The van der Waals surface area contributed by atoms with Crippen molar-refractivity contribution in [1.82, 2.24) is 9.88 Å². The molecule has 2 aromatic rings. The maximum atomic E-state index is 12.2. The normalized spacial score (nSPS) is 14.0. The molecule has 7 heteroatoms. The molecule has 2 amide bonds. The van der Waals surface area contributed by atoms with Gasteiger partial charge in [0.2, 0.25) is 5.91 Å². The summed E-state index contributed by atoms with van der Waals surface area (Å²) in [6, 6.07) is 9.62. The lowest BCUT2D eigenvalue weighted by Crippen LogP contribution is -2.35. The number of aromatic nitrogens is 1. The Morgan fingerprint density at radius 1 is 1.32 bits per heavy atom. The van der Waals surface area contributed by atoms with E-state index in [4.69, 9.17) is 4.74 Å². The van der Waals surface area contributed by atoms with Gasteiger partial charge in [-0.05, 0) is 17.6 Å². The molecule has 0 saturated heterocycles. The van der Waals surface area contributed by atoms with E-state index in [1.54, 1.807) is 4.90 Å². The highest BCUT2D eigenvalue weighted by atomic mass is 32.1. The topological polar surface area (TPSA) is 71.5 Å². The number of nitrogens with one attached hydrogen (secondary N) is 1. The zero-order valence-corrected chi connectivity index (χ0v) is 14.7. The molecule has 3 rings (SSSR count). The summed E-state index contributed by atoms with van der Waals surface area (Å²) in [6.07, 6.45) is 2.39. The Hall–Kier alpha value is -2.67. The average Bonchev–Trinajstić information content (AvgIpc) is 3.08. The molecule has 0 atom stereocenters. The SMILES string of the molecule is CC(=O)Nc1nc(C2=CCN(C(=O)OCc3ccccc3)CC2)cs1. The molecular weight excluding hydrogens is 338 g/mol. The Balaban J connectivity index is 1.54. The molecule has 1 aliphatic rings. The van der Waals surface area contributed by atoms with Crippen molar-refractivity contribution in [2.45, 2.75) is 20.0 Å². The molecule has 130 valence electrons. The number of anilines is 1. The number of nitrogens with zero attached hydrogens (tertiary/aromatic N) is 2. The summed E-state index contributed by atoms with van der Waals surface area (Å²) in [7, 11) is 0. The average molecular weight is 357 g/mol. The molecule has 2 heterocycles. The van der Waals surface area contributed by atoms with Gasteiger partial charge in [0.15, 0.2) is 5.13 Å². The largest absolute Gasteiger partial charge is 0.445 e. The summed E-state index contributed by atoms with van der Waals surface area (Å²) in [5.41, 5.74) is 2.91. The van der Waals surface area contributed by atoms with Gasteiger partial charge in [-0.2, -0.15) is 0 Å². The molecule has 1 N–H and O–H groups in total. The molecule has 1 aromatic carbocycles. The highest BCUT2D eigenvalue weighted by Crippen LogP contribution is 2.26. The van der Waals surface area contributed by atoms with Gasteiger partial charge in [0.25, 0.3) is 0 Å². The van der Waals surface area contributed by atoms with E-state index in [1.807, 2.05) is 41.8 Å². The number of rotatable bonds is 4. The first kappa shape index (κ1) is 17.2. The number of carbonyl (C=O) groups excluding carboxylic acids is 2. The van der Waals surface area contributed by atoms with Gasteiger partial charge in [0.1, 0.15) is 6.61 Å². The highest BCUT2D eigenvalue weighted by molar-refractivity contribution is 7.14. The Labute approximate surface area is 150 Å². The molecule has 0 saturated carbocycles. The number of amides is 2. The van der Waals surface area contributed by atoms with Crippen molar-refractivity contribution in [2.75, 3.05) is 18.4 Å². The Bertz CT molecular complexity index is 786. The first-order valence-electron chi connectivity index (χ1n) is 8.00. The molecule has 0 unspecified atom stereocenters. The van der Waals surface area contributed by atoms with Crippen LogP contribution in [0.1, 0.15) is 24.6 Å². The van der Waals surface area contributed by atoms with Crippen molar-refractivity contribution in [3.63, 3.8) is 0 Å². The standard InChI is InChI=1S/C18H19N3O3S/c1-13(22)19-17-20-16(12-25-17)15-7-9-21(10-8-15)18(23)24-11-14-5-3-2-4-6-14/h2-7,12H,8-11H2,1H3,(H,19,20,22). The summed E-state index contributed by atoms with van der Waals surface area (Å²) in [6.45, 7) is 2.82. The summed E-state index contributed by atoms with van der Waals surface area (Å²) in [5, 5.41) is 5.19. The molecule has 25 heavy (non-hydrogen) atoms. The van der Waals surface area contributed by atoms with Gasteiger partial charge in [-0.15, -0.1) is 11.3 Å². The molecule has 1 aliphatic heterocycles. The lowest BCUT2D eigenvalue weighted by atomic mass is 10.1. The quantitative estimate of drug-likeness (QED) is 0.909. The minimum absolute atomic E-state index is 0.133. The van der Waals surface area contributed by atoms with Crippen molar-refractivity contribution in [3.8, 4) is 0 Å². The van der Waals surface area contributed by atoms with Crippen molar-refractivity contribution >= 4 is 34.0 Å². The van der Waals surface area contributed by atoms with Gasteiger partial charge >= 0.3 is 6.09 Å². The monoisotopic (exact) mass is 357 g/mol. The van der Waals surface area contributed by atoms with Crippen LogP contribution >= 0.6 is 11.3 Å². The lowest BCUT2D eigenvalue weighted by molar-refractivity contribution is -0.114. The minimum Gasteiger partial charge on any atom is -0.445 e. The Kier molecular flexibility index (Phi) is 5.45. The second kappa shape index (κ2) is 7.94. The maximum Gasteiger partial charge on any atom is 0.410 e. The van der Waals surface area contributed by atoms with Crippen LogP contribution in [0.5, 0.6) is 0 Å². The number of thiazole rings is 1. The van der Waals surface area contributed by atoms with Crippen LogP contribution in [0.3, 0.4) is 0 Å². The van der Waals surface area contributed by atoms with E-state index < -0.39 is 0 Å². The van der Waals surface area contributed by atoms with Crippen LogP contribution in [-0.2, 0) is 16.1 Å². The second-order valence-corrected chi connectivity index (χ2v) is 6.54. The van der Waals surface area contributed by atoms with E-state index in [2.05, 4.69) is 10.3 Å². The summed E-state index contributed by atoms with van der Waals surface area (Å²) < 4.78 is 5.35. The number of hydrogen-bond donors (Lipinski definition) is 1. The van der Waals surface area contributed by atoms with Gasteiger partial charge in [-0.1, -0.05) is 36.4 Å². The van der Waals surface area contributed by atoms with Crippen LogP contribution in [-0.4, -0.2) is 35.0 Å². The predicted octanol–water partition coefficient (Wildman–Crippen LogP) is 3.53. The van der Waals surface area contributed by atoms with Crippen LogP contribution in [0.25, 0.3) is 5.57 Å². The van der Waals surface area contributed by atoms with Gasteiger partial charge in [0, 0.05) is 25.4 Å². The van der Waals surface area contributed by atoms with Crippen LogP contribution in [0.4, 0.5) is 9.93 Å². The fourth-order valence-corrected chi connectivity index (χ4v) is 3.29. The van der Waals surface area contributed by atoms with Crippen molar-refractivity contribution in [2.24, 2.45) is 0 Å². The van der Waals surface area contributed by atoms with Crippen LogP contribution in [0.15, 0.2) is 41.8 Å². The zero-order valence-electron chi connectivity index (χ0n) is 13.9. The summed E-state index contributed by atoms with van der Waals surface area (Å²) >= 11 is 1.40. The first-order valence-corrected chi connectivity index (χ1v) is 8.88. The second-order valence-electron chi connectivity index (χ2n) is 5.68. The predicted molar refractivity (Wildman–Crippen MR) is 97.2 cm³/mol. The van der Waals surface area contributed by atoms with Gasteiger partial charge in [-0.3, -0.25) is 4.79 Å². The molecule has 0 aliphatic carbocycles. The maximum absolute atomic E-state index is 12.2. The smallest absolute Gasteiger partial charge is 0.410 e. The van der Waals surface area contributed by atoms with Crippen LogP contribution < -0.4 is 5.32 Å². The van der Waals surface area contributed by atoms with E-state index in [0.717, 1.165) is 16.8 Å². The minimum atomic E-state index is -0.309. The van der Waals surface area contributed by atoms with Crippen molar-refractivity contribution in [3.05, 3.63) is 53.0 Å². The molecule has 0 fully saturated rings. The fourth-order valence-electron chi connectivity index (χ4n) is 2.51. The van der Waals surface area contributed by atoms with Gasteiger partial charge in [0.05, 0.1) is 5.69 Å². The zero-order chi connectivity index (χ0) is 17.6. The third kappa shape index (κ3) is 4.67. The summed E-state index contributed by atoms with van der Waals surface area (Å²) in [4.78, 5) is 29.3. The molecular formula is C18H19N3O3S. The van der Waals surface area contributed by atoms with E-state index >= 15 is 0 Å². The number of ether oxygens (including phenoxy) is 1. The third-order valence-electron chi connectivity index (χ3n) is 3.79. The van der Waals surface area contributed by atoms with E-state index in [1.165, 1.54) is 18.3 Å². The third-order valence-corrected chi connectivity index (χ3v) is 4.55. The molecule has 6 nitrogen and oxygen atoms in total. The highest BCUT2D eigenvalue weighted by Gasteiger charge is 2.20. The Morgan fingerprint density at radius 2 is 2.12 bits per heavy atom.